The van der Waals surface area contributed by atoms with Crippen molar-refractivity contribution in [3.63, 3.8) is 0 Å². The SMILES string of the molecule is CCCC(CC)(c1nc2ccccc2[nH]1)c1nc2c(C)c(C)ccc2[nH]1. The molecule has 2 heterocycles. The summed E-state index contributed by atoms with van der Waals surface area (Å²) in [5, 5.41) is 0. The molecule has 0 amide bonds. The molecule has 1 unspecified atom stereocenters. The zero-order valence-corrected chi connectivity index (χ0v) is 16.0. The lowest BCUT2D eigenvalue weighted by molar-refractivity contribution is 0.409. The van der Waals surface area contributed by atoms with Gasteiger partial charge in [-0.3, -0.25) is 0 Å². The van der Waals surface area contributed by atoms with Crippen LogP contribution >= 0.6 is 0 Å². The highest BCUT2D eigenvalue weighted by Gasteiger charge is 2.38. The molecule has 0 fully saturated rings. The number of fused-ring (bicyclic) bond motifs is 2. The van der Waals surface area contributed by atoms with Crippen LogP contribution in [0.1, 0.15) is 55.9 Å². The number of H-pyrrole nitrogens is 2. The number of aromatic amines is 2. The van der Waals surface area contributed by atoms with Crippen molar-refractivity contribution in [2.75, 3.05) is 0 Å². The molecular weight excluding hydrogens is 320 g/mol. The number of aromatic nitrogens is 4. The Morgan fingerprint density at radius 2 is 1.62 bits per heavy atom. The van der Waals surface area contributed by atoms with E-state index in [1.807, 2.05) is 12.1 Å². The Bertz CT molecular complexity index is 1040. The summed E-state index contributed by atoms with van der Waals surface area (Å²) in [5.74, 6) is 2.03. The number of hydrogen-bond donors (Lipinski definition) is 2. The molecule has 4 aromatic rings. The predicted octanol–water partition coefficient (Wildman–Crippen LogP) is 5.55. The molecule has 2 aromatic heterocycles. The van der Waals surface area contributed by atoms with Crippen LogP contribution in [-0.2, 0) is 5.41 Å². The summed E-state index contributed by atoms with van der Waals surface area (Å²) in [6.07, 6.45) is 3.01. The van der Waals surface area contributed by atoms with Crippen molar-refractivity contribution in [2.24, 2.45) is 0 Å². The highest BCUT2D eigenvalue weighted by molar-refractivity contribution is 5.80. The first-order chi connectivity index (χ1) is 12.6. The number of hydrogen-bond acceptors (Lipinski definition) is 2. The van der Waals surface area contributed by atoms with E-state index in [2.05, 4.69) is 61.9 Å². The molecule has 4 heteroatoms. The van der Waals surface area contributed by atoms with Crippen LogP contribution < -0.4 is 0 Å². The lowest BCUT2D eigenvalue weighted by atomic mass is 9.79. The third-order valence-corrected chi connectivity index (χ3v) is 5.75. The van der Waals surface area contributed by atoms with Crippen molar-refractivity contribution in [3.8, 4) is 0 Å². The molecule has 0 saturated heterocycles. The van der Waals surface area contributed by atoms with Gasteiger partial charge in [0, 0.05) is 0 Å². The Morgan fingerprint density at radius 1 is 0.885 bits per heavy atom. The third-order valence-electron chi connectivity index (χ3n) is 5.75. The van der Waals surface area contributed by atoms with Gasteiger partial charge in [-0.25, -0.2) is 9.97 Å². The van der Waals surface area contributed by atoms with Gasteiger partial charge in [-0.1, -0.05) is 38.5 Å². The second-order valence-corrected chi connectivity index (χ2v) is 7.28. The van der Waals surface area contributed by atoms with E-state index in [9.17, 15) is 0 Å². The van der Waals surface area contributed by atoms with E-state index in [1.54, 1.807) is 0 Å². The van der Waals surface area contributed by atoms with Crippen LogP contribution in [0.4, 0.5) is 0 Å². The topological polar surface area (TPSA) is 57.4 Å². The summed E-state index contributed by atoms with van der Waals surface area (Å²) in [4.78, 5) is 17.2. The van der Waals surface area contributed by atoms with Gasteiger partial charge in [0.25, 0.3) is 0 Å². The van der Waals surface area contributed by atoms with E-state index in [0.29, 0.717) is 0 Å². The molecule has 1 atom stereocenters. The molecule has 0 radical (unpaired) electrons. The summed E-state index contributed by atoms with van der Waals surface area (Å²) in [5.41, 5.74) is 6.57. The van der Waals surface area contributed by atoms with E-state index in [-0.39, 0.29) is 5.41 Å². The first-order valence-corrected chi connectivity index (χ1v) is 9.50. The van der Waals surface area contributed by atoms with Gasteiger partial charge in [-0.05, 0) is 56.0 Å². The van der Waals surface area contributed by atoms with Crippen LogP contribution in [-0.4, -0.2) is 19.9 Å². The normalized spacial score (nSPS) is 14.2. The maximum absolute atomic E-state index is 5.07. The number of nitrogens with one attached hydrogen (secondary N) is 2. The Balaban J connectivity index is 1.95. The molecule has 0 aliphatic rings. The fourth-order valence-electron chi connectivity index (χ4n) is 4.01. The molecule has 0 bridgehead atoms. The maximum atomic E-state index is 5.07. The molecular formula is C22H26N4. The first kappa shape index (κ1) is 16.8. The number of benzene rings is 2. The Labute approximate surface area is 154 Å². The van der Waals surface area contributed by atoms with Crippen LogP contribution in [0.5, 0.6) is 0 Å². The van der Waals surface area contributed by atoms with Crippen molar-refractivity contribution < 1.29 is 0 Å². The molecule has 134 valence electrons. The quantitative estimate of drug-likeness (QED) is 0.497. The van der Waals surface area contributed by atoms with E-state index in [1.165, 1.54) is 11.1 Å². The van der Waals surface area contributed by atoms with Crippen molar-refractivity contribution in [2.45, 2.75) is 52.4 Å². The number of aryl methyl sites for hydroxylation is 2. The fraction of sp³-hybridized carbons (Fsp3) is 0.364. The second kappa shape index (κ2) is 6.27. The van der Waals surface area contributed by atoms with E-state index in [4.69, 9.17) is 9.97 Å². The number of para-hydroxylation sites is 2. The summed E-state index contributed by atoms with van der Waals surface area (Å²) < 4.78 is 0. The summed E-state index contributed by atoms with van der Waals surface area (Å²) in [6.45, 7) is 8.75. The van der Waals surface area contributed by atoms with Crippen molar-refractivity contribution in [3.05, 3.63) is 59.2 Å². The average Bonchev–Trinajstić information content (AvgIpc) is 3.27. The minimum Gasteiger partial charge on any atom is -0.341 e. The van der Waals surface area contributed by atoms with Gasteiger partial charge in [0.15, 0.2) is 0 Å². The van der Waals surface area contributed by atoms with Gasteiger partial charge < -0.3 is 9.97 Å². The molecule has 2 N–H and O–H groups in total. The Hall–Kier alpha value is -2.62. The van der Waals surface area contributed by atoms with E-state index < -0.39 is 0 Å². The number of rotatable bonds is 5. The monoisotopic (exact) mass is 346 g/mol. The van der Waals surface area contributed by atoms with Gasteiger partial charge in [-0.15, -0.1) is 0 Å². The molecule has 26 heavy (non-hydrogen) atoms. The molecule has 0 spiro atoms. The van der Waals surface area contributed by atoms with Crippen LogP contribution in [0.3, 0.4) is 0 Å². The zero-order valence-electron chi connectivity index (χ0n) is 16.0. The Morgan fingerprint density at radius 3 is 2.35 bits per heavy atom. The first-order valence-electron chi connectivity index (χ1n) is 9.50. The van der Waals surface area contributed by atoms with Crippen LogP contribution in [0.2, 0.25) is 0 Å². The summed E-state index contributed by atoms with van der Waals surface area (Å²) in [7, 11) is 0. The summed E-state index contributed by atoms with van der Waals surface area (Å²) >= 11 is 0. The average molecular weight is 346 g/mol. The highest BCUT2D eigenvalue weighted by Crippen LogP contribution is 2.39. The maximum Gasteiger partial charge on any atom is 0.121 e. The van der Waals surface area contributed by atoms with E-state index in [0.717, 1.165) is 53.0 Å². The van der Waals surface area contributed by atoms with Crippen molar-refractivity contribution in [1.29, 1.82) is 0 Å². The molecule has 4 rings (SSSR count). The standard InChI is InChI=1S/C22H26N4/c1-5-13-22(6-2,20-23-16-9-7-8-10-17(16)24-20)21-25-18-12-11-14(3)15(4)19(18)26-21/h7-12H,5-6,13H2,1-4H3,(H,23,24)(H,25,26). The number of imidazole rings is 2. The lowest BCUT2D eigenvalue weighted by Gasteiger charge is -2.28. The van der Waals surface area contributed by atoms with Gasteiger partial charge in [0.05, 0.1) is 27.5 Å². The predicted molar refractivity (Wildman–Crippen MR) is 108 cm³/mol. The largest absolute Gasteiger partial charge is 0.341 e. The van der Waals surface area contributed by atoms with Crippen LogP contribution in [0, 0.1) is 13.8 Å². The lowest BCUT2D eigenvalue weighted by Crippen LogP contribution is -2.30. The molecule has 0 aliphatic carbocycles. The van der Waals surface area contributed by atoms with Gasteiger partial charge in [-0.2, -0.15) is 0 Å². The molecule has 0 aliphatic heterocycles. The van der Waals surface area contributed by atoms with Gasteiger partial charge in [0.2, 0.25) is 0 Å². The smallest absolute Gasteiger partial charge is 0.121 e. The highest BCUT2D eigenvalue weighted by atomic mass is 15.0. The Kier molecular flexibility index (Phi) is 4.06. The van der Waals surface area contributed by atoms with Crippen molar-refractivity contribution >= 4 is 22.1 Å². The molecule has 0 saturated carbocycles. The molecule has 2 aromatic carbocycles. The minimum atomic E-state index is -0.229. The van der Waals surface area contributed by atoms with Gasteiger partial charge >= 0.3 is 0 Å². The second-order valence-electron chi connectivity index (χ2n) is 7.28. The van der Waals surface area contributed by atoms with Crippen LogP contribution in [0.15, 0.2) is 36.4 Å². The minimum absolute atomic E-state index is 0.229. The fourth-order valence-corrected chi connectivity index (χ4v) is 4.01. The van der Waals surface area contributed by atoms with Crippen molar-refractivity contribution in [1.82, 2.24) is 19.9 Å². The zero-order chi connectivity index (χ0) is 18.3. The number of nitrogens with zero attached hydrogens (tertiary/aromatic N) is 2. The van der Waals surface area contributed by atoms with E-state index >= 15 is 0 Å². The van der Waals surface area contributed by atoms with Gasteiger partial charge in [0.1, 0.15) is 11.6 Å². The third kappa shape index (κ3) is 2.44. The van der Waals surface area contributed by atoms with Crippen LogP contribution in [0.25, 0.3) is 22.1 Å². The summed E-state index contributed by atoms with van der Waals surface area (Å²) in [6, 6.07) is 12.5. The molecule has 4 nitrogen and oxygen atoms in total.